The van der Waals surface area contributed by atoms with E-state index in [-0.39, 0.29) is 5.56 Å². The van der Waals surface area contributed by atoms with E-state index in [9.17, 15) is 4.79 Å². The number of hydrogen-bond donors (Lipinski definition) is 1. The Balaban J connectivity index is 1.57. The number of aromatic amines is 1. The van der Waals surface area contributed by atoms with Crippen LogP contribution in [0.2, 0.25) is 0 Å². The molecule has 3 heterocycles. The number of thiophene rings is 1. The van der Waals surface area contributed by atoms with Crippen LogP contribution in [0.5, 0.6) is 0 Å². The molecule has 0 saturated carbocycles. The average Bonchev–Trinajstić information content (AvgIpc) is 3.21. The smallest absolute Gasteiger partial charge is 0.268 e. The maximum absolute atomic E-state index is 12.0. The van der Waals surface area contributed by atoms with Crippen molar-refractivity contribution in [3.05, 3.63) is 58.0 Å². The summed E-state index contributed by atoms with van der Waals surface area (Å²) in [5.41, 5.74) is 1.67. The summed E-state index contributed by atoms with van der Waals surface area (Å²) >= 11 is 2.90. The maximum atomic E-state index is 12.0. The fourth-order valence-corrected chi connectivity index (χ4v) is 3.91. The zero-order valence-corrected chi connectivity index (χ0v) is 14.4. The van der Waals surface area contributed by atoms with E-state index in [2.05, 4.69) is 20.2 Å². The molecule has 0 unspecified atom stereocenters. The summed E-state index contributed by atoms with van der Waals surface area (Å²) in [7, 11) is 1.93. The number of H-pyrrole nitrogens is 1. The molecule has 0 bridgehead atoms. The molecule has 4 aromatic rings. The number of nitrogens with zero attached hydrogens (tertiary/aromatic N) is 4. The molecular formula is C16H13N5OS2. The Morgan fingerprint density at radius 2 is 2.04 bits per heavy atom. The van der Waals surface area contributed by atoms with Gasteiger partial charge in [-0.1, -0.05) is 42.1 Å². The van der Waals surface area contributed by atoms with E-state index >= 15 is 0 Å². The van der Waals surface area contributed by atoms with E-state index in [0.717, 1.165) is 22.1 Å². The van der Waals surface area contributed by atoms with Crippen LogP contribution in [0.4, 0.5) is 0 Å². The lowest BCUT2D eigenvalue weighted by Crippen LogP contribution is -2.09. The van der Waals surface area contributed by atoms with Crippen LogP contribution in [-0.4, -0.2) is 24.7 Å². The van der Waals surface area contributed by atoms with E-state index in [1.165, 1.54) is 23.1 Å². The number of hydrogen-bond acceptors (Lipinski definition) is 6. The van der Waals surface area contributed by atoms with Gasteiger partial charge in [0.2, 0.25) is 0 Å². The van der Waals surface area contributed by atoms with Crippen LogP contribution in [0.1, 0.15) is 5.82 Å². The van der Waals surface area contributed by atoms with Gasteiger partial charge in [0.15, 0.2) is 11.0 Å². The Morgan fingerprint density at radius 1 is 1.21 bits per heavy atom. The molecule has 120 valence electrons. The van der Waals surface area contributed by atoms with Gasteiger partial charge >= 0.3 is 0 Å². The summed E-state index contributed by atoms with van der Waals surface area (Å²) in [6.45, 7) is 0. The molecule has 0 aliphatic heterocycles. The van der Waals surface area contributed by atoms with Gasteiger partial charge in [-0.2, -0.15) is 0 Å². The van der Waals surface area contributed by atoms with E-state index in [4.69, 9.17) is 0 Å². The first-order chi connectivity index (χ1) is 11.7. The molecule has 24 heavy (non-hydrogen) atoms. The van der Waals surface area contributed by atoms with E-state index in [0.29, 0.717) is 16.3 Å². The first-order valence-electron chi connectivity index (χ1n) is 7.26. The third kappa shape index (κ3) is 2.74. The molecule has 0 saturated heterocycles. The van der Waals surface area contributed by atoms with Gasteiger partial charge in [0.05, 0.1) is 11.3 Å². The van der Waals surface area contributed by atoms with Crippen molar-refractivity contribution < 1.29 is 0 Å². The van der Waals surface area contributed by atoms with E-state index < -0.39 is 0 Å². The number of rotatable bonds is 4. The van der Waals surface area contributed by atoms with Crippen molar-refractivity contribution in [3.63, 3.8) is 0 Å². The van der Waals surface area contributed by atoms with E-state index in [1.807, 2.05) is 53.4 Å². The van der Waals surface area contributed by atoms with Gasteiger partial charge in [-0.15, -0.1) is 21.5 Å². The number of thioether (sulfide) groups is 1. The number of nitrogens with one attached hydrogen (secondary N) is 1. The van der Waals surface area contributed by atoms with Crippen molar-refractivity contribution in [1.82, 2.24) is 24.7 Å². The highest BCUT2D eigenvalue weighted by molar-refractivity contribution is 7.98. The lowest BCUT2D eigenvalue weighted by Gasteiger charge is -2.04. The second kappa shape index (κ2) is 6.21. The van der Waals surface area contributed by atoms with Crippen molar-refractivity contribution >= 4 is 33.3 Å². The number of aromatic nitrogens is 5. The van der Waals surface area contributed by atoms with Crippen LogP contribution in [0.25, 0.3) is 21.6 Å². The highest BCUT2D eigenvalue weighted by Gasteiger charge is 2.12. The van der Waals surface area contributed by atoms with Crippen molar-refractivity contribution in [1.29, 1.82) is 0 Å². The lowest BCUT2D eigenvalue weighted by atomic mass is 10.2. The van der Waals surface area contributed by atoms with Crippen molar-refractivity contribution in [3.8, 4) is 11.4 Å². The molecule has 8 heteroatoms. The molecule has 4 rings (SSSR count). The third-order valence-electron chi connectivity index (χ3n) is 3.57. The minimum Gasteiger partial charge on any atom is -0.309 e. The Labute approximate surface area is 145 Å². The van der Waals surface area contributed by atoms with Gasteiger partial charge < -0.3 is 9.55 Å². The SMILES string of the molecule is Cn1c(SCc2nc3ccsc3c(=O)[nH]2)nnc1-c1ccccc1. The predicted octanol–water partition coefficient (Wildman–Crippen LogP) is 3.07. The van der Waals surface area contributed by atoms with Crippen LogP contribution >= 0.6 is 23.1 Å². The van der Waals surface area contributed by atoms with Crippen molar-refractivity contribution in [2.24, 2.45) is 7.05 Å². The molecule has 0 aliphatic rings. The molecule has 3 aromatic heterocycles. The molecule has 0 aliphatic carbocycles. The Kier molecular flexibility index (Phi) is 3.91. The molecule has 1 aromatic carbocycles. The third-order valence-corrected chi connectivity index (χ3v) is 5.50. The summed E-state index contributed by atoms with van der Waals surface area (Å²) in [5, 5.41) is 11.2. The van der Waals surface area contributed by atoms with E-state index in [1.54, 1.807) is 0 Å². The van der Waals surface area contributed by atoms with Gasteiger partial charge in [-0.05, 0) is 11.4 Å². The second-order valence-electron chi connectivity index (χ2n) is 5.17. The minimum absolute atomic E-state index is 0.0893. The van der Waals surface area contributed by atoms with Crippen LogP contribution in [0.3, 0.4) is 0 Å². The van der Waals surface area contributed by atoms with Crippen LogP contribution in [0, 0.1) is 0 Å². The van der Waals surface area contributed by atoms with Gasteiger partial charge in [-0.3, -0.25) is 4.79 Å². The van der Waals surface area contributed by atoms with Crippen LogP contribution in [0.15, 0.2) is 51.7 Å². The first kappa shape index (κ1) is 15.1. The average molecular weight is 355 g/mol. The maximum Gasteiger partial charge on any atom is 0.268 e. The van der Waals surface area contributed by atoms with Crippen molar-refractivity contribution in [2.45, 2.75) is 10.9 Å². The molecule has 0 atom stereocenters. The Hall–Kier alpha value is -2.45. The highest BCUT2D eigenvalue weighted by atomic mass is 32.2. The van der Waals surface area contributed by atoms with Gasteiger partial charge in [0.25, 0.3) is 5.56 Å². The van der Waals surface area contributed by atoms with Gasteiger partial charge in [0, 0.05) is 12.6 Å². The quantitative estimate of drug-likeness (QED) is 0.569. The molecule has 0 spiro atoms. The molecule has 0 amide bonds. The number of benzene rings is 1. The molecule has 0 fully saturated rings. The molecule has 6 nitrogen and oxygen atoms in total. The fraction of sp³-hybridized carbons (Fsp3) is 0.125. The van der Waals surface area contributed by atoms with Crippen LogP contribution in [-0.2, 0) is 12.8 Å². The minimum atomic E-state index is -0.0893. The standard InChI is InChI=1S/C16H13N5OS2/c1-21-14(10-5-3-2-4-6-10)19-20-16(21)24-9-12-17-11-7-8-23-13(11)15(22)18-12/h2-8H,9H2,1H3,(H,17,18,22). The largest absolute Gasteiger partial charge is 0.309 e. The number of fused-ring (bicyclic) bond motifs is 1. The lowest BCUT2D eigenvalue weighted by molar-refractivity contribution is 0.793. The summed E-state index contributed by atoms with van der Waals surface area (Å²) < 4.78 is 2.61. The van der Waals surface area contributed by atoms with Crippen molar-refractivity contribution in [2.75, 3.05) is 0 Å². The zero-order chi connectivity index (χ0) is 16.5. The summed E-state index contributed by atoms with van der Waals surface area (Å²) in [6.07, 6.45) is 0. The van der Waals surface area contributed by atoms with Crippen LogP contribution < -0.4 is 5.56 Å². The Morgan fingerprint density at radius 3 is 2.88 bits per heavy atom. The summed E-state index contributed by atoms with van der Waals surface area (Å²) in [4.78, 5) is 19.3. The zero-order valence-electron chi connectivity index (χ0n) is 12.8. The van der Waals surface area contributed by atoms with Gasteiger partial charge in [-0.25, -0.2) is 4.98 Å². The highest BCUT2D eigenvalue weighted by Crippen LogP contribution is 2.24. The predicted molar refractivity (Wildman–Crippen MR) is 96.2 cm³/mol. The summed E-state index contributed by atoms with van der Waals surface area (Å²) in [5.74, 6) is 1.98. The first-order valence-corrected chi connectivity index (χ1v) is 9.13. The normalized spacial score (nSPS) is 11.2. The van der Waals surface area contributed by atoms with Gasteiger partial charge in [0.1, 0.15) is 10.5 Å². The monoisotopic (exact) mass is 355 g/mol. The Bertz CT molecular complexity index is 1050. The second-order valence-corrected chi connectivity index (χ2v) is 7.03. The topological polar surface area (TPSA) is 76.5 Å². The molecular weight excluding hydrogens is 342 g/mol. The fourth-order valence-electron chi connectivity index (χ4n) is 2.40. The molecule has 0 radical (unpaired) electrons. The molecule has 1 N–H and O–H groups in total. The summed E-state index contributed by atoms with van der Waals surface area (Å²) in [6, 6.07) is 11.8.